The molecule has 4 aromatic rings. The summed E-state index contributed by atoms with van der Waals surface area (Å²) in [5.41, 5.74) is 13.2. The summed E-state index contributed by atoms with van der Waals surface area (Å²) in [6.07, 6.45) is 6.65. The molecule has 1 aliphatic heterocycles. The zero-order valence-electron chi connectivity index (χ0n) is 22.5. The maximum Gasteiger partial charge on any atom is 0.222 e. The number of nitrogens with two attached hydrogens (primary N) is 1. The molecule has 38 heavy (non-hydrogen) atoms. The number of aromatic nitrogens is 4. The minimum absolute atomic E-state index is 0.0392. The van der Waals surface area contributed by atoms with Crippen LogP contribution in [0.3, 0.4) is 0 Å². The van der Waals surface area contributed by atoms with Gasteiger partial charge in [-0.25, -0.2) is 9.97 Å². The normalized spacial score (nSPS) is 14.8. The van der Waals surface area contributed by atoms with Crippen molar-refractivity contribution in [1.82, 2.24) is 19.9 Å². The number of hydrogen-bond acceptors (Lipinski definition) is 8. The molecule has 4 heterocycles. The second kappa shape index (κ2) is 11.1. The van der Waals surface area contributed by atoms with Gasteiger partial charge in [0.05, 0.1) is 36.2 Å². The topological polar surface area (TPSA) is 102 Å². The number of rotatable bonds is 7. The van der Waals surface area contributed by atoms with Crippen LogP contribution in [0.5, 0.6) is 0 Å². The number of hydrogen-bond donors (Lipinski definition) is 2. The average Bonchev–Trinajstić information content (AvgIpc) is 2.92. The molecule has 0 radical (unpaired) electrons. The van der Waals surface area contributed by atoms with Gasteiger partial charge >= 0.3 is 0 Å². The van der Waals surface area contributed by atoms with Gasteiger partial charge < -0.3 is 20.7 Å². The monoisotopic (exact) mass is 509 g/mol. The van der Waals surface area contributed by atoms with Crippen LogP contribution in [0.2, 0.25) is 0 Å². The van der Waals surface area contributed by atoms with Gasteiger partial charge in [-0.05, 0) is 62.6 Å². The number of ether oxygens (including phenoxy) is 1. The number of nitrogens with zero attached hydrogens (tertiary/aromatic N) is 5. The third-order valence-corrected chi connectivity index (χ3v) is 7.07. The van der Waals surface area contributed by atoms with Crippen LogP contribution < -0.4 is 16.0 Å². The van der Waals surface area contributed by atoms with Gasteiger partial charge in [0.1, 0.15) is 11.6 Å². The summed E-state index contributed by atoms with van der Waals surface area (Å²) < 4.78 is 5.64. The summed E-state index contributed by atoms with van der Waals surface area (Å²) in [5, 5.41) is 4.83. The summed E-state index contributed by atoms with van der Waals surface area (Å²) in [5.74, 6) is 1.94. The average molecular weight is 510 g/mol. The number of benzene rings is 1. The van der Waals surface area contributed by atoms with E-state index in [-0.39, 0.29) is 12.0 Å². The highest BCUT2D eigenvalue weighted by molar-refractivity contribution is 5.85. The Labute approximate surface area is 224 Å². The van der Waals surface area contributed by atoms with E-state index in [1.807, 2.05) is 38.1 Å². The second-order valence-electron chi connectivity index (χ2n) is 9.72. The smallest absolute Gasteiger partial charge is 0.222 e. The van der Waals surface area contributed by atoms with E-state index in [4.69, 9.17) is 15.5 Å². The van der Waals surface area contributed by atoms with Gasteiger partial charge in [-0.15, -0.1) is 0 Å². The minimum atomic E-state index is -0.0392. The quantitative estimate of drug-likeness (QED) is 0.337. The fourth-order valence-electron chi connectivity index (χ4n) is 4.95. The molecule has 0 amide bonds. The van der Waals surface area contributed by atoms with Gasteiger partial charge in [-0.1, -0.05) is 31.2 Å². The fraction of sp³-hybridized carbons (Fsp3) is 0.333. The fourth-order valence-corrected chi connectivity index (χ4v) is 4.95. The molecule has 1 unspecified atom stereocenters. The van der Waals surface area contributed by atoms with Crippen molar-refractivity contribution >= 4 is 40.6 Å². The molecule has 1 aromatic carbocycles. The summed E-state index contributed by atoms with van der Waals surface area (Å²) in [4.78, 5) is 21.1. The number of anilines is 3. The van der Waals surface area contributed by atoms with Crippen molar-refractivity contribution in [1.29, 1.82) is 0 Å². The van der Waals surface area contributed by atoms with Crippen molar-refractivity contribution in [3.8, 4) is 0 Å². The molecule has 3 aromatic heterocycles. The number of nitrogen functional groups attached to an aromatic ring is 1. The Morgan fingerprint density at radius 2 is 1.82 bits per heavy atom. The van der Waals surface area contributed by atoms with E-state index in [2.05, 4.69) is 63.3 Å². The first-order valence-corrected chi connectivity index (χ1v) is 13.2. The Morgan fingerprint density at radius 3 is 2.58 bits per heavy atom. The molecular weight excluding hydrogens is 474 g/mol. The molecule has 1 atom stereocenters. The molecular formula is C30H35N7O. The third kappa shape index (κ3) is 5.31. The molecule has 0 saturated carbocycles. The lowest BCUT2D eigenvalue weighted by Crippen LogP contribution is -2.38. The zero-order valence-corrected chi connectivity index (χ0v) is 22.5. The number of nitrogens with one attached hydrogen (secondary N) is 1. The molecule has 3 N–H and O–H groups in total. The van der Waals surface area contributed by atoms with Crippen molar-refractivity contribution in [3.63, 3.8) is 0 Å². The highest BCUT2D eigenvalue weighted by Gasteiger charge is 2.24. The van der Waals surface area contributed by atoms with Crippen LogP contribution in [0.15, 0.2) is 42.6 Å². The number of fused-ring (bicyclic) bond motifs is 1. The van der Waals surface area contributed by atoms with E-state index in [0.29, 0.717) is 19.0 Å². The predicted molar refractivity (Wildman–Crippen MR) is 155 cm³/mol. The van der Waals surface area contributed by atoms with Gasteiger partial charge in [0.2, 0.25) is 5.95 Å². The van der Waals surface area contributed by atoms with Crippen molar-refractivity contribution in [2.45, 2.75) is 40.2 Å². The van der Waals surface area contributed by atoms with E-state index in [1.54, 1.807) is 6.20 Å². The molecule has 0 aliphatic carbocycles. The summed E-state index contributed by atoms with van der Waals surface area (Å²) in [6.45, 7) is 11.3. The first-order valence-electron chi connectivity index (χ1n) is 13.2. The van der Waals surface area contributed by atoms with Gasteiger partial charge in [0, 0.05) is 35.8 Å². The van der Waals surface area contributed by atoms with Crippen molar-refractivity contribution in [3.05, 3.63) is 76.2 Å². The van der Waals surface area contributed by atoms with Gasteiger partial charge in [-0.3, -0.25) is 4.98 Å². The Kier molecular flexibility index (Phi) is 7.51. The SMILES string of the molecule is CCC(Nc1nc(N)nc(C)c1C=Cc1ncccc1C)c1cc2cccc(C)c2nc1N1CCOCC1. The van der Waals surface area contributed by atoms with E-state index in [1.165, 1.54) is 5.56 Å². The second-order valence-corrected chi connectivity index (χ2v) is 9.72. The lowest BCUT2D eigenvalue weighted by atomic mass is 10.00. The summed E-state index contributed by atoms with van der Waals surface area (Å²) >= 11 is 0. The van der Waals surface area contributed by atoms with Crippen LogP contribution in [0, 0.1) is 20.8 Å². The zero-order chi connectivity index (χ0) is 26.6. The summed E-state index contributed by atoms with van der Waals surface area (Å²) in [7, 11) is 0. The molecule has 1 saturated heterocycles. The van der Waals surface area contributed by atoms with E-state index < -0.39 is 0 Å². The minimum Gasteiger partial charge on any atom is -0.378 e. The predicted octanol–water partition coefficient (Wildman–Crippen LogP) is 5.50. The lowest BCUT2D eigenvalue weighted by Gasteiger charge is -2.32. The van der Waals surface area contributed by atoms with Crippen molar-refractivity contribution < 1.29 is 4.74 Å². The van der Waals surface area contributed by atoms with Crippen molar-refractivity contribution in [2.24, 2.45) is 0 Å². The van der Waals surface area contributed by atoms with Crippen molar-refractivity contribution in [2.75, 3.05) is 42.3 Å². The Bertz CT molecular complexity index is 1480. The van der Waals surface area contributed by atoms with Gasteiger partial charge in [0.15, 0.2) is 0 Å². The molecule has 5 rings (SSSR count). The molecule has 8 heteroatoms. The first-order chi connectivity index (χ1) is 18.4. The van der Waals surface area contributed by atoms with Crippen LogP contribution in [-0.2, 0) is 4.74 Å². The molecule has 0 bridgehead atoms. The lowest BCUT2D eigenvalue weighted by molar-refractivity contribution is 0.122. The maximum absolute atomic E-state index is 6.12. The Hall–Kier alpha value is -4.04. The van der Waals surface area contributed by atoms with Crippen LogP contribution in [0.4, 0.5) is 17.6 Å². The van der Waals surface area contributed by atoms with Gasteiger partial charge in [-0.2, -0.15) is 4.98 Å². The summed E-state index contributed by atoms with van der Waals surface area (Å²) in [6, 6.07) is 12.5. The number of aryl methyl sites for hydroxylation is 3. The van der Waals surface area contributed by atoms with Crippen LogP contribution >= 0.6 is 0 Å². The Morgan fingerprint density at radius 1 is 1.03 bits per heavy atom. The number of pyridine rings is 2. The van der Waals surface area contributed by atoms with Crippen LogP contribution in [0.25, 0.3) is 23.1 Å². The Balaban J connectivity index is 1.58. The molecule has 196 valence electrons. The van der Waals surface area contributed by atoms with E-state index in [9.17, 15) is 0 Å². The van der Waals surface area contributed by atoms with E-state index >= 15 is 0 Å². The largest absolute Gasteiger partial charge is 0.378 e. The molecule has 1 aliphatic rings. The highest BCUT2D eigenvalue weighted by Crippen LogP contribution is 2.35. The molecule has 1 fully saturated rings. The molecule has 0 spiro atoms. The van der Waals surface area contributed by atoms with E-state index in [0.717, 1.165) is 64.3 Å². The van der Waals surface area contributed by atoms with Gasteiger partial charge in [0.25, 0.3) is 0 Å². The number of morpholine rings is 1. The van der Waals surface area contributed by atoms with Crippen LogP contribution in [-0.4, -0.2) is 46.2 Å². The number of para-hydroxylation sites is 1. The standard InChI is InChI=1S/C30H35N7O/c1-5-25(24-18-22-10-6-8-20(3)27(22)35-29(24)37-14-16-38-17-15-37)34-28-23(21(4)33-30(31)36-28)11-12-26-19(2)9-7-13-32-26/h6-13,18,25H,5,14-17H2,1-4H3,(H3,31,33,34,36). The molecule has 8 nitrogen and oxygen atoms in total. The first kappa shape index (κ1) is 25.6. The van der Waals surface area contributed by atoms with Crippen LogP contribution in [0.1, 0.15) is 53.0 Å². The maximum atomic E-state index is 6.12. The highest BCUT2D eigenvalue weighted by atomic mass is 16.5. The third-order valence-electron chi connectivity index (χ3n) is 7.07.